The molecular weight excluding hydrogens is 264 g/mol. The maximum absolute atomic E-state index is 13.4. The van der Waals surface area contributed by atoms with Gasteiger partial charge in [-0.3, -0.25) is 0 Å². The van der Waals surface area contributed by atoms with Gasteiger partial charge in [0.15, 0.2) is 11.6 Å². The molecule has 0 heterocycles. The largest absolute Gasteiger partial charge is 0.573 e. The summed E-state index contributed by atoms with van der Waals surface area (Å²) in [5.41, 5.74) is 11.6. The van der Waals surface area contributed by atoms with Gasteiger partial charge in [0.05, 0.1) is 0 Å². The summed E-state index contributed by atoms with van der Waals surface area (Å²) in [6, 6.07) is 2.80. The van der Waals surface area contributed by atoms with E-state index in [0.717, 1.165) is 25.0 Å². The van der Waals surface area contributed by atoms with Crippen LogP contribution in [0.2, 0.25) is 0 Å². The van der Waals surface area contributed by atoms with Crippen LogP contribution >= 0.6 is 0 Å². The number of alkyl halides is 3. The van der Waals surface area contributed by atoms with Crippen molar-refractivity contribution in [3.05, 3.63) is 29.6 Å². The lowest BCUT2D eigenvalue weighted by molar-refractivity contribution is -0.275. The smallest absolute Gasteiger partial charge is 0.403 e. The molecule has 1 atom stereocenters. The van der Waals surface area contributed by atoms with Crippen molar-refractivity contribution in [2.24, 2.45) is 11.5 Å². The second-order valence-electron chi connectivity index (χ2n) is 4.13. The fourth-order valence-electron chi connectivity index (χ4n) is 1.63. The number of nitrogens with two attached hydrogens (primary N) is 2. The minimum Gasteiger partial charge on any atom is -0.403 e. The summed E-state index contributed by atoms with van der Waals surface area (Å²) in [5.74, 6) is -1.94. The second-order valence-corrected chi connectivity index (χ2v) is 4.13. The number of hydrogen-bond donors (Lipinski definition) is 2. The van der Waals surface area contributed by atoms with E-state index < -0.39 is 24.0 Å². The van der Waals surface area contributed by atoms with Gasteiger partial charge >= 0.3 is 6.36 Å². The van der Waals surface area contributed by atoms with Gasteiger partial charge in [-0.2, -0.15) is 0 Å². The first-order valence-electron chi connectivity index (χ1n) is 5.84. The van der Waals surface area contributed by atoms with Crippen LogP contribution in [0.1, 0.15) is 30.9 Å². The van der Waals surface area contributed by atoms with Crippen molar-refractivity contribution in [2.75, 3.05) is 6.54 Å². The summed E-state index contributed by atoms with van der Waals surface area (Å²) in [4.78, 5) is 0. The van der Waals surface area contributed by atoms with E-state index in [4.69, 9.17) is 11.5 Å². The number of halogens is 4. The number of rotatable bonds is 6. The number of benzene rings is 1. The molecule has 0 saturated carbocycles. The molecule has 0 fully saturated rings. The Bertz CT molecular complexity index is 409. The molecule has 0 spiro atoms. The van der Waals surface area contributed by atoms with Crippen LogP contribution < -0.4 is 16.2 Å². The van der Waals surface area contributed by atoms with Crippen LogP contribution in [-0.2, 0) is 0 Å². The van der Waals surface area contributed by atoms with E-state index in [1.54, 1.807) is 0 Å². The van der Waals surface area contributed by atoms with E-state index in [1.165, 1.54) is 6.07 Å². The fourth-order valence-corrected chi connectivity index (χ4v) is 1.63. The van der Waals surface area contributed by atoms with Crippen molar-refractivity contribution >= 4 is 0 Å². The second kappa shape index (κ2) is 6.72. The minimum atomic E-state index is -4.91. The zero-order valence-electron chi connectivity index (χ0n) is 10.2. The topological polar surface area (TPSA) is 61.3 Å². The lowest BCUT2D eigenvalue weighted by Crippen LogP contribution is -2.18. The monoisotopic (exact) mass is 280 g/mol. The Labute approximate surface area is 108 Å². The molecule has 0 aromatic heterocycles. The molecule has 4 N–H and O–H groups in total. The zero-order chi connectivity index (χ0) is 14.5. The number of ether oxygens (including phenoxy) is 1. The highest BCUT2D eigenvalue weighted by Crippen LogP contribution is 2.28. The van der Waals surface area contributed by atoms with Crippen LogP contribution in [0.4, 0.5) is 17.6 Å². The van der Waals surface area contributed by atoms with Gasteiger partial charge in [-0.15, -0.1) is 13.2 Å². The van der Waals surface area contributed by atoms with Gasteiger partial charge in [-0.05, 0) is 37.1 Å². The minimum absolute atomic E-state index is 0.430. The first-order valence-corrected chi connectivity index (χ1v) is 5.84. The normalized spacial score (nSPS) is 13.4. The Kier molecular flexibility index (Phi) is 5.56. The fraction of sp³-hybridized carbons (Fsp3) is 0.500. The van der Waals surface area contributed by atoms with Crippen LogP contribution in [0.15, 0.2) is 18.2 Å². The highest BCUT2D eigenvalue weighted by atomic mass is 19.4. The molecule has 7 heteroatoms. The van der Waals surface area contributed by atoms with Crippen LogP contribution in [0.3, 0.4) is 0 Å². The first kappa shape index (κ1) is 15.7. The Balaban J connectivity index is 2.70. The predicted octanol–water partition coefficient (Wildman–Crippen LogP) is 2.85. The molecular formula is C12H16F4N2O. The summed E-state index contributed by atoms with van der Waals surface area (Å²) in [6.45, 7) is 0.541. The average molecular weight is 280 g/mol. The van der Waals surface area contributed by atoms with Crippen molar-refractivity contribution in [1.82, 2.24) is 0 Å². The molecule has 0 unspecified atom stereocenters. The van der Waals surface area contributed by atoms with Gasteiger partial charge in [0.1, 0.15) is 0 Å². The standard InChI is InChI=1S/C12H16F4N2O/c13-9-7-8(10(18)3-1-2-6-17)4-5-11(9)19-12(14,15)16/h4-5,7,10H,1-3,6,17-18H2/t10-/m1/s1. The van der Waals surface area contributed by atoms with Gasteiger partial charge < -0.3 is 16.2 Å². The predicted molar refractivity (Wildman–Crippen MR) is 62.9 cm³/mol. The lowest BCUT2D eigenvalue weighted by Gasteiger charge is -2.14. The quantitative estimate of drug-likeness (QED) is 0.622. The average Bonchev–Trinajstić information content (AvgIpc) is 2.30. The van der Waals surface area contributed by atoms with E-state index in [2.05, 4.69) is 4.74 Å². The van der Waals surface area contributed by atoms with Gasteiger partial charge in [-0.1, -0.05) is 12.5 Å². The summed E-state index contributed by atoms with van der Waals surface area (Å²) in [7, 11) is 0. The van der Waals surface area contributed by atoms with Crippen molar-refractivity contribution in [2.45, 2.75) is 31.7 Å². The van der Waals surface area contributed by atoms with Crippen LogP contribution in [0.5, 0.6) is 5.75 Å². The van der Waals surface area contributed by atoms with Gasteiger partial charge in [0, 0.05) is 6.04 Å². The summed E-state index contributed by atoms with van der Waals surface area (Å²) in [6.07, 6.45) is -2.74. The van der Waals surface area contributed by atoms with Crippen molar-refractivity contribution in [3.8, 4) is 5.75 Å². The molecule has 19 heavy (non-hydrogen) atoms. The Morgan fingerprint density at radius 1 is 1.21 bits per heavy atom. The molecule has 1 aromatic rings. The Morgan fingerprint density at radius 3 is 2.42 bits per heavy atom. The van der Waals surface area contributed by atoms with Gasteiger partial charge in [0.25, 0.3) is 0 Å². The van der Waals surface area contributed by atoms with Gasteiger partial charge in [0.2, 0.25) is 0 Å². The Morgan fingerprint density at radius 2 is 1.89 bits per heavy atom. The van der Waals surface area contributed by atoms with Crippen molar-refractivity contribution < 1.29 is 22.3 Å². The number of unbranched alkanes of at least 4 members (excludes halogenated alkanes) is 1. The molecule has 3 nitrogen and oxygen atoms in total. The third-order valence-corrected chi connectivity index (χ3v) is 2.58. The summed E-state index contributed by atoms with van der Waals surface area (Å²) < 4.78 is 52.8. The van der Waals surface area contributed by atoms with E-state index in [-0.39, 0.29) is 0 Å². The highest BCUT2D eigenvalue weighted by Gasteiger charge is 2.32. The molecule has 1 rings (SSSR count). The maximum Gasteiger partial charge on any atom is 0.573 e. The summed E-state index contributed by atoms with van der Waals surface area (Å²) >= 11 is 0. The third kappa shape index (κ3) is 5.44. The van der Waals surface area contributed by atoms with E-state index in [1.807, 2.05) is 0 Å². The molecule has 108 valence electrons. The number of hydrogen-bond acceptors (Lipinski definition) is 3. The molecule has 0 aliphatic carbocycles. The van der Waals surface area contributed by atoms with Crippen LogP contribution in [0.25, 0.3) is 0 Å². The van der Waals surface area contributed by atoms with E-state index in [9.17, 15) is 17.6 Å². The molecule has 0 radical (unpaired) electrons. The molecule has 1 aromatic carbocycles. The zero-order valence-corrected chi connectivity index (χ0v) is 10.2. The summed E-state index contributed by atoms with van der Waals surface area (Å²) in [5, 5.41) is 0. The van der Waals surface area contributed by atoms with Crippen molar-refractivity contribution in [3.63, 3.8) is 0 Å². The maximum atomic E-state index is 13.4. The van der Waals surface area contributed by atoms with Crippen LogP contribution in [0, 0.1) is 5.82 Å². The van der Waals surface area contributed by atoms with Crippen LogP contribution in [-0.4, -0.2) is 12.9 Å². The molecule has 0 saturated heterocycles. The highest BCUT2D eigenvalue weighted by molar-refractivity contribution is 5.31. The SMILES string of the molecule is NCCCC[C@@H](N)c1ccc(OC(F)(F)F)c(F)c1. The molecule has 0 aliphatic rings. The first-order chi connectivity index (χ1) is 8.83. The molecule has 0 bridgehead atoms. The van der Waals surface area contributed by atoms with Crippen molar-refractivity contribution in [1.29, 1.82) is 0 Å². The lowest BCUT2D eigenvalue weighted by atomic mass is 10.0. The van der Waals surface area contributed by atoms with Gasteiger partial charge in [-0.25, -0.2) is 4.39 Å². The molecule has 0 aliphatic heterocycles. The Hall–Kier alpha value is -1.34. The van der Waals surface area contributed by atoms with E-state index in [0.29, 0.717) is 18.5 Å². The third-order valence-electron chi connectivity index (χ3n) is 2.58. The van der Waals surface area contributed by atoms with E-state index >= 15 is 0 Å². The molecule has 0 amide bonds.